The summed E-state index contributed by atoms with van der Waals surface area (Å²) in [5, 5.41) is 0. The summed E-state index contributed by atoms with van der Waals surface area (Å²) in [5.74, 6) is 0.283. The van der Waals surface area contributed by atoms with E-state index in [-0.39, 0.29) is 6.61 Å². The van der Waals surface area contributed by atoms with Crippen molar-refractivity contribution in [1.82, 2.24) is 0 Å². The lowest BCUT2D eigenvalue weighted by molar-refractivity contribution is -0.154. The Morgan fingerprint density at radius 3 is 2.81 bits per heavy atom. The molecule has 0 spiro atoms. The van der Waals surface area contributed by atoms with Crippen LogP contribution in [0.1, 0.15) is 24.5 Å². The van der Waals surface area contributed by atoms with Gasteiger partial charge in [-0.15, -0.1) is 0 Å². The fourth-order valence-corrected chi connectivity index (χ4v) is 2.18. The SMILES string of the molecule is COc1cccc([C@H](OC)C(=O)OCC2=CCCC=C2)c1. The Morgan fingerprint density at radius 1 is 1.29 bits per heavy atom. The molecule has 0 aromatic heterocycles. The van der Waals surface area contributed by atoms with E-state index in [1.54, 1.807) is 13.2 Å². The molecule has 0 aliphatic heterocycles. The topological polar surface area (TPSA) is 44.8 Å². The third-order valence-corrected chi connectivity index (χ3v) is 3.30. The minimum absolute atomic E-state index is 0.277. The van der Waals surface area contributed by atoms with Gasteiger partial charge in [-0.3, -0.25) is 0 Å². The number of allylic oxidation sites excluding steroid dienone is 2. The number of esters is 1. The van der Waals surface area contributed by atoms with E-state index in [1.807, 2.05) is 24.3 Å². The van der Waals surface area contributed by atoms with Gasteiger partial charge in [0.05, 0.1) is 7.11 Å². The van der Waals surface area contributed by atoms with Crippen molar-refractivity contribution in [2.24, 2.45) is 0 Å². The quantitative estimate of drug-likeness (QED) is 0.754. The van der Waals surface area contributed by atoms with Crippen molar-refractivity contribution in [3.8, 4) is 5.75 Å². The number of benzene rings is 1. The number of ether oxygens (including phenoxy) is 3. The van der Waals surface area contributed by atoms with Crippen LogP contribution in [0.2, 0.25) is 0 Å². The summed E-state index contributed by atoms with van der Waals surface area (Å²) >= 11 is 0. The van der Waals surface area contributed by atoms with Gasteiger partial charge >= 0.3 is 5.97 Å². The summed E-state index contributed by atoms with van der Waals surface area (Å²) in [6, 6.07) is 7.23. The minimum Gasteiger partial charge on any atom is -0.497 e. The highest BCUT2D eigenvalue weighted by Crippen LogP contribution is 2.23. The summed E-state index contributed by atoms with van der Waals surface area (Å²) in [7, 11) is 3.08. The lowest BCUT2D eigenvalue weighted by Gasteiger charge is -2.16. The van der Waals surface area contributed by atoms with Crippen LogP contribution < -0.4 is 4.74 Å². The van der Waals surface area contributed by atoms with Gasteiger partial charge in [-0.05, 0) is 36.1 Å². The van der Waals surface area contributed by atoms with Crippen molar-refractivity contribution < 1.29 is 19.0 Å². The second kappa shape index (κ2) is 7.64. The molecule has 4 heteroatoms. The maximum Gasteiger partial charge on any atom is 0.340 e. The summed E-state index contributed by atoms with van der Waals surface area (Å²) in [4.78, 5) is 12.2. The maximum atomic E-state index is 12.2. The molecule has 1 aliphatic carbocycles. The molecule has 1 atom stereocenters. The molecule has 0 unspecified atom stereocenters. The molecule has 21 heavy (non-hydrogen) atoms. The zero-order chi connectivity index (χ0) is 15.1. The minimum atomic E-state index is -0.742. The standard InChI is InChI=1S/C17H20O4/c1-19-15-10-6-9-14(11-15)16(20-2)17(18)21-12-13-7-4-3-5-8-13/h4,6-11,16H,3,5,12H2,1-2H3/t16-/m0/s1. The van der Waals surface area contributed by atoms with Crippen molar-refractivity contribution in [1.29, 1.82) is 0 Å². The molecule has 0 fully saturated rings. The summed E-state index contributed by atoms with van der Waals surface area (Å²) in [6.45, 7) is 0.277. The van der Waals surface area contributed by atoms with E-state index in [1.165, 1.54) is 7.11 Å². The van der Waals surface area contributed by atoms with E-state index in [0.717, 1.165) is 24.0 Å². The Morgan fingerprint density at radius 2 is 2.14 bits per heavy atom. The number of hydrogen-bond acceptors (Lipinski definition) is 4. The highest BCUT2D eigenvalue weighted by atomic mass is 16.6. The van der Waals surface area contributed by atoms with Crippen LogP contribution >= 0.6 is 0 Å². The first-order valence-corrected chi connectivity index (χ1v) is 6.93. The molecular weight excluding hydrogens is 268 g/mol. The van der Waals surface area contributed by atoms with Crippen LogP contribution in [0.15, 0.2) is 48.1 Å². The highest BCUT2D eigenvalue weighted by molar-refractivity contribution is 5.77. The first-order valence-electron chi connectivity index (χ1n) is 6.93. The van der Waals surface area contributed by atoms with Crippen molar-refractivity contribution in [3.05, 3.63) is 53.6 Å². The van der Waals surface area contributed by atoms with Crippen molar-refractivity contribution >= 4 is 5.97 Å². The van der Waals surface area contributed by atoms with Crippen LogP contribution in [0, 0.1) is 0 Å². The smallest absolute Gasteiger partial charge is 0.340 e. The second-order valence-corrected chi connectivity index (χ2v) is 4.76. The number of carbonyl (C=O) groups excluding carboxylic acids is 1. The number of hydrogen-bond donors (Lipinski definition) is 0. The predicted octanol–water partition coefficient (Wildman–Crippen LogP) is 3.20. The van der Waals surface area contributed by atoms with Crippen LogP contribution in [0.4, 0.5) is 0 Å². The first-order chi connectivity index (χ1) is 10.2. The number of methoxy groups -OCH3 is 2. The van der Waals surface area contributed by atoms with Crippen LogP contribution in [-0.4, -0.2) is 26.8 Å². The molecule has 0 radical (unpaired) electrons. The summed E-state index contributed by atoms with van der Waals surface area (Å²) in [6.07, 6.45) is 7.45. The van der Waals surface area contributed by atoms with E-state index in [4.69, 9.17) is 14.2 Å². The Labute approximate surface area is 125 Å². The van der Waals surface area contributed by atoms with Gasteiger partial charge in [0.2, 0.25) is 0 Å². The molecule has 0 saturated carbocycles. The van der Waals surface area contributed by atoms with Gasteiger partial charge in [-0.1, -0.05) is 30.4 Å². The molecule has 1 aromatic carbocycles. The first kappa shape index (κ1) is 15.3. The molecule has 0 N–H and O–H groups in total. The fraction of sp³-hybridized carbons (Fsp3) is 0.353. The van der Waals surface area contributed by atoms with E-state index in [0.29, 0.717) is 5.75 Å². The highest BCUT2D eigenvalue weighted by Gasteiger charge is 2.22. The molecule has 0 bridgehead atoms. The van der Waals surface area contributed by atoms with Gasteiger partial charge in [0, 0.05) is 7.11 Å². The third-order valence-electron chi connectivity index (χ3n) is 3.30. The molecule has 0 heterocycles. The van der Waals surface area contributed by atoms with Gasteiger partial charge in [-0.25, -0.2) is 4.79 Å². The van der Waals surface area contributed by atoms with E-state index >= 15 is 0 Å². The van der Waals surface area contributed by atoms with E-state index < -0.39 is 12.1 Å². The van der Waals surface area contributed by atoms with E-state index in [2.05, 4.69) is 12.2 Å². The van der Waals surface area contributed by atoms with Crippen molar-refractivity contribution in [3.63, 3.8) is 0 Å². The number of carbonyl (C=O) groups is 1. The molecule has 1 aliphatic rings. The Kier molecular flexibility index (Phi) is 5.58. The van der Waals surface area contributed by atoms with Crippen LogP contribution in [0.5, 0.6) is 5.75 Å². The molecule has 4 nitrogen and oxygen atoms in total. The van der Waals surface area contributed by atoms with Crippen LogP contribution in [-0.2, 0) is 14.3 Å². The van der Waals surface area contributed by atoms with E-state index in [9.17, 15) is 4.79 Å². The lowest BCUT2D eigenvalue weighted by Crippen LogP contribution is -2.19. The Hall–Kier alpha value is -2.07. The monoisotopic (exact) mass is 288 g/mol. The van der Waals surface area contributed by atoms with Gasteiger partial charge < -0.3 is 14.2 Å². The Bertz CT molecular complexity index is 545. The predicted molar refractivity (Wildman–Crippen MR) is 80.2 cm³/mol. The fourth-order valence-electron chi connectivity index (χ4n) is 2.18. The second-order valence-electron chi connectivity index (χ2n) is 4.76. The van der Waals surface area contributed by atoms with Gasteiger partial charge in [-0.2, -0.15) is 0 Å². The average molecular weight is 288 g/mol. The van der Waals surface area contributed by atoms with Crippen LogP contribution in [0.25, 0.3) is 0 Å². The summed E-state index contributed by atoms with van der Waals surface area (Å²) < 4.78 is 15.8. The van der Waals surface area contributed by atoms with Gasteiger partial charge in [0.15, 0.2) is 6.10 Å². The molecule has 112 valence electrons. The molecule has 0 saturated heterocycles. The third kappa shape index (κ3) is 4.20. The van der Waals surface area contributed by atoms with Crippen molar-refractivity contribution in [2.45, 2.75) is 18.9 Å². The van der Waals surface area contributed by atoms with Crippen LogP contribution in [0.3, 0.4) is 0 Å². The molecule has 1 aromatic rings. The maximum absolute atomic E-state index is 12.2. The molecular formula is C17H20O4. The normalized spacial score (nSPS) is 15.2. The van der Waals surface area contributed by atoms with Gasteiger partial charge in [0.25, 0.3) is 0 Å². The average Bonchev–Trinajstić information content (AvgIpc) is 2.55. The van der Waals surface area contributed by atoms with Crippen molar-refractivity contribution in [2.75, 3.05) is 20.8 Å². The number of rotatable bonds is 6. The lowest BCUT2D eigenvalue weighted by atomic mass is 10.1. The van der Waals surface area contributed by atoms with Gasteiger partial charge in [0.1, 0.15) is 12.4 Å². The molecule has 0 amide bonds. The zero-order valence-corrected chi connectivity index (χ0v) is 12.4. The molecule has 2 rings (SSSR count). The zero-order valence-electron chi connectivity index (χ0n) is 12.4. The Balaban J connectivity index is 2.00. The summed E-state index contributed by atoms with van der Waals surface area (Å²) in [5.41, 5.74) is 1.74. The largest absolute Gasteiger partial charge is 0.497 e.